The molecule has 3 amide bonds. The van der Waals surface area contributed by atoms with Crippen LogP contribution in [0.1, 0.15) is 23.7 Å². The molecule has 8 nitrogen and oxygen atoms in total. The van der Waals surface area contributed by atoms with Gasteiger partial charge in [-0.05, 0) is 43.3 Å². The average molecular weight is 432 g/mol. The van der Waals surface area contributed by atoms with E-state index in [1.807, 2.05) is 0 Å². The van der Waals surface area contributed by atoms with E-state index in [1.165, 1.54) is 17.3 Å². The van der Waals surface area contributed by atoms with E-state index in [1.54, 1.807) is 43.3 Å². The summed E-state index contributed by atoms with van der Waals surface area (Å²) in [5.74, 6) is -0.995. The van der Waals surface area contributed by atoms with Crippen LogP contribution in [0.5, 0.6) is 0 Å². The first-order valence-electron chi connectivity index (χ1n) is 8.79. The van der Waals surface area contributed by atoms with E-state index in [9.17, 15) is 14.4 Å². The lowest BCUT2D eigenvalue weighted by Crippen LogP contribution is -2.46. The van der Waals surface area contributed by atoms with E-state index in [-0.39, 0.29) is 23.4 Å². The normalized spacial score (nSPS) is 17.9. The number of thioether (sulfide) groups is 1. The number of aromatic nitrogens is 1. The minimum absolute atomic E-state index is 0.0370. The Kier molecular flexibility index (Phi) is 6.84. The van der Waals surface area contributed by atoms with Gasteiger partial charge in [-0.1, -0.05) is 23.4 Å². The molecule has 3 rings (SSSR count). The highest BCUT2D eigenvalue weighted by Crippen LogP contribution is 2.27. The molecule has 1 aliphatic rings. The van der Waals surface area contributed by atoms with E-state index in [0.717, 1.165) is 11.8 Å². The molecule has 1 aromatic carbocycles. The number of carbonyl (C=O) groups excluding carboxylic acids is 3. The number of benzene rings is 1. The zero-order valence-corrected chi connectivity index (χ0v) is 17.0. The summed E-state index contributed by atoms with van der Waals surface area (Å²) in [6, 6.07) is 9.78. The van der Waals surface area contributed by atoms with Crippen molar-refractivity contribution in [2.45, 2.75) is 18.6 Å². The summed E-state index contributed by atoms with van der Waals surface area (Å²) in [5.41, 5.74) is 3.39. The molecule has 2 N–H and O–H groups in total. The van der Waals surface area contributed by atoms with Crippen molar-refractivity contribution in [3.05, 3.63) is 59.4 Å². The summed E-state index contributed by atoms with van der Waals surface area (Å²) >= 11 is 6.98. The number of amidine groups is 1. The molecule has 1 aromatic heterocycles. The molecule has 0 aliphatic carbocycles. The summed E-state index contributed by atoms with van der Waals surface area (Å²) in [5, 5.41) is 7.00. The molecule has 1 aliphatic heterocycles. The van der Waals surface area contributed by atoms with Crippen LogP contribution in [0.2, 0.25) is 5.02 Å². The Morgan fingerprint density at radius 3 is 2.59 bits per heavy atom. The third-order valence-corrected chi connectivity index (χ3v) is 5.50. The molecule has 0 bridgehead atoms. The predicted octanol–water partition coefficient (Wildman–Crippen LogP) is 2.73. The Balaban J connectivity index is 1.71. The molecule has 0 spiro atoms. The van der Waals surface area contributed by atoms with E-state index >= 15 is 0 Å². The van der Waals surface area contributed by atoms with Gasteiger partial charge in [-0.25, -0.2) is 5.43 Å². The number of hydrogen-bond donors (Lipinski definition) is 2. The van der Waals surface area contributed by atoms with Gasteiger partial charge in [0.05, 0.1) is 0 Å². The van der Waals surface area contributed by atoms with Gasteiger partial charge < -0.3 is 5.32 Å². The van der Waals surface area contributed by atoms with E-state index in [2.05, 4.69) is 20.8 Å². The lowest BCUT2D eigenvalue weighted by Gasteiger charge is -2.30. The minimum Gasteiger partial charge on any atom is -0.325 e. The third kappa shape index (κ3) is 5.33. The van der Waals surface area contributed by atoms with Crippen molar-refractivity contribution in [3.8, 4) is 0 Å². The van der Waals surface area contributed by atoms with Crippen molar-refractivity contribution < 1.29 is 14.4 Å². The molecule has 0 radical (unpaired) electrons. The number of pyridine rings is 1. The molecule has 1 atom stereocenters. The number of nitrogens with zero attached hydrogens (tertiary/aromatic N) is 3. The van der Waals surface area contributed by atoms with Gasteiger partial charge in [-0.2, -0.15) is 0 Å². The highest BCUT2D eigenvalue weighted by Gasteiger charge is 2.35. The molecule has 1 unspecified atom stereocenters. The van der Waals surface area contributed by atoms with Gasteiger partial charge >= 0.3 is 0 Å². The molecular formula is C19H18ClN5O3S. The van der Waals surface area contributed by atoms with Crippen LogP contribution in [0.4, 0.5) is 5.69 Å². The SMILES string of the molecule is CCN1C(=O)CC(C(=O)Nc2ccc(Cl)cc2)S/C1=N\NC(=O)c1ccncc1. The summed E-state index contributed by atoms with van der Waals surface area (Å²) < 4.78 is 0. The molecule has 1 saturated heterocycles. The molecule has 10 heteroatoms. The van der Waals surface area contributed by atoms with Crippen LogP contribution in [0.3, 0.4) is 0 Å². The fourth-order valence-corrected chi connectivity index (χ4v) is 3.80. The molecule has 150 valence electrons. The Hall–Kier alpha value is -2.91. The van der Waals surface area contributed by atoms with Crippen molar-refractivity contribution in [1.29, 1.82) is 0 Å². The zero-order chi connectivity index (χ0) is 20.8. The number of halogens is 1. The first kappa shape index (κ1) is 20.8. The summed E-state index contributed by atoms with van der Waals surface area (Å²) in [4.78, 5) is 42.6. The molecule has 0 saturated carbocycles. The molecule has 29 heavy (non-hydrogen) atoms. The first-order chi connectivity index (χ1) is 14.0. The maximum Gasteiger partial charge on any atom is 0.271 e. The number of anilines is 1. The van der Waals surface area contributed by atoms with Gasteiger partial charge in [0, 0.05) is 41.6 Å². The highest BCUT2D eigenvalue weighted by atomic mass is 35.5. The van der Waals surface area contributed by atoms with Crippen LogP contribution < -0.4 is 10.7 Å². The third-order valence-electron chi connectivity index (χ3n) is 4.06. The number of hydrazone groups is 1. The monoisotopic (exact) mass is 431 g/mol. The summed E-state index contributed by atoms with van der Waals surface area (Å²) in [6.45, 7) is 2.17. The van der Waals surface area contributed by atoms with E-state index in [0.29, 0.717) is 22.8 Å². The molecule has 2 aromatic rings. The van der Waals surface area contributed by atoms with Crippen LogP contribution >= 0.6 is 23.4 Å². The minimum atomic E-state index is -0.669. The Labute approximate surface area is 176 Å². The van der Waals surface area contributed by atoms with Crippen molar-refractivity contribution >= 4 is 51.9 Å². The van der Waals surface area contributed by atoms with E-state index < -0.39 is 11.2 Å². The fourth-order valence-electron chi connectivity index (χ4n) is 2.57. The van der Waals surface area contributed by atoms with Crippen molar-refractivity contribution in [2.75, 3.05) is 11.9 Å². The van der Waals surface area contributed by atoms with E-state index in [4.69, 9.17) is 11.6 Å². The van der Waals surface area contributed by atoms with Crippen LogP contribution in [0.15, 0.2) is 53.9 Å². The molecule has 2 heterocycles. The van der Waals surface area contributed by atoms with Crippen LogP contribution in [0.25, 0.3) is 0 Å². The Morgan fingerprint density at radius 1 is 1.24 bits per heavy atom. The Bertz CT molecular complexity index is 937. The van der Waals surface area contributed by atoms with Gasteiger partial charge in [0.2, 0.25) is 11.8 Å². The van der Waals surface area contributed by atoms with Crippen LogP contribution in [0, 0.1) is 0 Å². The number of nitrogens with one attached hydrogen (secondary N) is 2. The first-order valence-corrected chi connectivity index (χ1v) is 10.0. The summed E-state index contributed by atoms with van der Waals surface area (Å²) in [7, 11) is 0. The second-order valence-electron chi connectivity index (χ2n) is 6.02. The standard InChI is InChI=1S/C19H18ClN5O3S/c1-2-25-16(26)11-15(18(28)22-14-5-3-13(20)4-6-14)29-19(25)24-23-17(27)12-7-9-21-10-8-12/h3-10,15H,2,11H2,1H3,(H,22,28)(H,23,27)/b24-19-. The zero-order valence-electron chi connectivity index (χ0n) is 15.5. The predicted molar refractivity (Wildman–Crippen MR) is 113 cm³/mol. The molecular weight excluding hydrogens is 414 g/mol. The maximum absolute atomic E-state index is 12.6. The van der Waals surface area contributed by atoms with Crippen LogP contribution in [-0.4, -0.2) is 44.6 Å². The topological polar surface area (TPSA) is 104 Å². The smallest absolute Gasteiger partial charge is 0.271 e. The van der Waals surface area contributed by atoms with Crippen molar-refractivity contribution in [3.63, 3.8) is 0 Å². The van der Waals surface area contributed by atoms with Crippen molar-refractivity contribution in [1.82, 2.24) is 15.3 Å². The van der Waals surface area contributed by atoms with Gasteiger partial charge in [-0.15, -0.1) is 5.10 Å². The second-order valence-corrected chi connectivity index (χ2v) is 7.62. The number of amides is 3. The second kappa shape index (κ2) is 9.53. The lowest BCUT2D eigenvalue weighted by atomic mass is 10.2. The van der Waals surface area contributed by atoms with Crippen LogP contribution in [-0.2, 0) is 9.59 Å². The van der Waals surface area contributed by atoms with Crippen molar-refractivity contribution in [2.24, 2.45) is 5.10 Å². The molecule has 1 fully saturated rings. The van der Waals surface area contributed by atoms with Gasteiger partial charge in [0.1, 0.15) is 5.25 Å². The van der Waals surface area contributed by atoms with Gasteiger partial charge in [0.25, 0.3) is 5.91 Å². The number of hydrogen-bond acceptors (Lipinski definition) is 6. The number of carbonyl (C=O) groups is 3. The fraction of sp³-hybridized carbons (Fsp3) is 0.211. The largest absolute Gasteiger partial charge is 0.325 e. The lowest BCUT2D eigenvalue weighted by molar-refractivity contribution is -0.129. The maximum atomic E-state index is 12.6. The van der Waals surface area contributed by atoms with Gasteiger partial charge in [-0.3, -0.25) is 24.3 Å². The highest BCUT2D eigenvalue weighted by molar-refractivity contribution is 8.15. The summed E-state index contributed by atoms with van der Waals surface area (Å²) in [6.07, 6.45) is 3.03. The number of rotatable bonds is 5. The quantitative estimate of drug-likeness (QED) is 0.708. The Morgan fingerprint density at radius 2 is 1.93 bits per heavy atom. The van der Waals surface area contributed by atoms with Gasteiger partial charge in [0.15, 0.2) is 5.17 Å². The average Bonchev–Trinajstić information content (AvgIpc) is 2.73.